The number of nitrogens with zero attached hydrogens (tertiary/aromatic N) is 1. The molecule has 0 N–H and O–H groups in total. The summed E-state index contributed by atoms with van der Waals surface area (Å²) in [6.45, 7) is 5.72. The van der Waals surface area contributed by atoms with Gasteiger partial charge in [0, 0.05) is 20.3 Å². The summed E-state index contributed by atoms with van der Waals surface area (Å²) in [5.41, 5.74) is -0.473. The highest BCUT2D eigenvalue weighted by atomic mass is 16.6. The number of amides is 1. The fourth-order valence-electron chi connectivity index (χ4n) is 3.88. The summed E-state index contributed by atoms with van der Waals surface area (Å²) in [4.78, 5) is 14.4. The van der Waals surface area contributed by atoms with E-state index >= 15 is 0 Å². The van der Waals surface area contributed by atoms with Gasteiger partial charge in [0.25, 0.3) is 0 Å². The van der Waals surface area contributed by atoms with Gasteiger partial charge in [-0.3, -0.25) is 4.90 Å². The summed E-state index contributed by atoms with van der Waals surface area (Å²) in [6.07, 6.45) is 7.63. The molecule has 5 nitrogen and oxygen atoms in total. The van der Waals surface area contributed by atoms with E-state index in [-0.39, 0.29) is 18.4 Å². The van der Waals surface area contributed by atoms with Gasteiger partial charge in [-0.15, -0.1) is 0 Å². The molecule has 2 aliphatic rings. The molecule has 0 aromatic rings. The van der Waals surface area contributed by atoms with E-state index in [4.69, 9.17) is 14.2 Å². The largest absolute Gasteiger partial charge is 0.444 e. The van der Waals surface area contributed by atoms with Crippen LogP contribution in [0.15, 0.2) is 0 Å². The minimum absolute atomic E-state index is 0.148. The molecule has 0 aromatic heterocycles. The summed E-state index contributed by atoms with van der Waals surface area (Å²) >= 11 is 0. The first-order valence-electron chi connectivity index (χ1n) is 8.91. The van der Waals surface area contributed by atoms with Crippen molar-refractivity contribution in [2.75, 3.05) is 14.2 Å². The van der Waals surface area contributed by atoms with Crippen LogP contribution in [0, 0.1) is 5.92 Å². The van der Waals surface area contributed by atoms with Gasteiger partial charge >= 0.3 is 6.09 Å². The van der Waals surface area contributed by atoms with Gasteiger partial charge in [-0.05, 0) is 71.6 Å². The lowest BCUT2D eigenvalue weighted by Gasteiger charge is -2.35. The average molecular weight is 327 g/mol. The zero-order chi connectivity index (χ0) is 17.0. The normalized spacial score (nSPS) is 32.1. The molecule has 0 unspecified atom stereocenters. The Bertz CT molecular complexity index is 385. The number of hydrogen-bond acceptors (Lipinski definition) is 4. The van der Waals surface area contributed by atoms with Crippen molar-refractivity contribution in [3.8, 4) is 0 Å². The molecule has 1 heterocycles. The molecule has 1 amide bonds. The van der Waals surface area contributed by atoms with Crippen LogP contribution in [-0.4, -0.2) is 49.2 Å². The third-order valence-corrected chi connectivity index (χ3v) is 5.06. The molecule has 0 aromatic carbocycles. The zero-order valence-corrected chi connectivity index (χ0v) is 15.3. The SMILES string of the molecule is COC1CCC(C[C@@H]2CC[C@H](OC)N2C(=O)OC(C)(C)C)CC1. The van der Waals surface area contributed by atoms with Gasteiger partial charge < -0.3 is 14.2 Å². The van der Waals surface area contributed by atoms with E-state index in [0.717, 1.165) is 32.1 Å². The highest BCUT2D eigenvalue weighted by molar-refractivity contribution is 5.69. The van der Waals surface area contributed by atoms with Crippen molar-refractivity contribution >= 4 is 6.09 Å². The van der Waals surface area contributed by atoms with Crippen LogP contribution in [0.4, 0.5) is 4.79 Å². The Hall–Kier alpha value is -0.810. The van der Waals surface area contributed by atoms with E-state index in [1.165, 1.54) is 12.8 Å². The van der Waals surface area contributed by atoms with E-state index in [1.807, 2.05) is 25.7 Å². The second kappa shape index (κ2) is 7.84. The quantitative estimate of drug-likeness (QED) is 0.784. The van der Waals surface area contributed by atoms with Crippen molar-refractivity contribution in [2.45, 2.75) is 89.7 Å². The standard InChI is InChI=1S/C18H33NO4/c1-18(2,3)23-17(20)19-14(8-11-16(19)22-5)12-13-6-9-15(21-4)10-7-13/h13-16H,6-12H2,1-5H3/t13?,14-,15?,16-/m0/s1. The molecule has 5 heteroatoms. The lowest BCUT2D eigenvalue weighted by molar-refractivity contribution is -0.0451. The third kappa shape index (κ3) is 5.08. The van der Waals surface area contributed by atoms with Gasteiger partial charge in [-0.2, -0.15) is 0 Å². The number of methoxy groups -OCH3 is 2. The lowest BCUT2D eigenvalue weighted by Crippen LogP contribution is -2.45. The highest BCUT2D eigenvalue weighted by Gasteiger charge is 2.40. The van der Waals surface area contributed by atoms with Gasteiger partial charge in [0.15, 0.2) is 0 Å². The third-order valence-electron chi connectivity index (χ3n) is 5.06. The van der Waals surface area contributed by atoms with Crippen molar-refractivity contribution in [1.82, 2.24) is 4.90 Å². The Kier molecular flexibility index (Phi) is 6.32. The number of hydrogen-bond donors (Lipinski definition) is 0. The Morgan fingerprint density at radius 1 is 1.00 bits per heavy atom. The molecule has 0 bridgehead atoms. The first kappa shape index (κ1) is 18.5. The van der Waals surface area contributed by atoms with Crippen molar-refractivity contribution < 1.29 is 19.0 Å². The van der Waals surface area contributed by atoms with E-state index in [0.29, 0.717) is 12.0 Å². The van der Waals surface area contributed by atoms with Crippen molar-refractivity contribution in [1.29, 1.82) is 0 Å². The molecule has 0 spiro atoms. The zero-order valence-electron chi connectivity index (χ0n) is 15.3. The molecule has 1 saturated carbocycles. The van der Waals surface area contributed by atoms with Gasteiger partial charge in [-0.1, -0.05) is 0 Å². The predicted octanol–water partition coefficient (Wildman–Crippen LogP) is 3.95. The minimum atomic E-state index is -0.473. The number of carbonyl (C=O) groups is 1. The molecule has 1 saturated heterocycles. The number of rotatable bonds is 4. The van der Waals surface area contributed by atoms with Gasteiger partial charge in [0.2, 0.25) is 0 Å². The first-order chi connectivity index (χ1) is 10.8. The molecule has 134 valence electrons. The lowest BCUT2D eigenvalue weighted by atomic mass is 9.83. The second-order valence-electron chi connectivity index (χ2n) is 7.92. The molecule has 2 atom stereocenters. The van der Waals surface area contributed by atoms with E-state index in [1.54, 1.807) is 14.2 Å². The summed E-state index contributed by atoms with van der Waals surface area (Å²) in [5.74, 6) is 0.673. The van der Waals surface area contributed by atoms with Gasteiger partial charge in [0.1, 0.15) is 11.8 Å². The van der Waals surface area contributed by atoms with Crippen molar-refractivity contribution in [3.63, 3.8) is 0 Å². The van der Waals surface area contributed by atoms with E-state index in [9.17, 15) is 4.79 Å². The predicted molar refractivity (Wildman–Crippen MR) is 89.3 cm³/mol. The fraction of sp³-hybridized carbons (Fsp3) is 0.944. The molecule has 2 fully saturated rings. The Morgan fingerprint density at radius 2 is 1.65 bits per heavy atom. The highest BCUT2D eigenvalue weighted by Crippen LogP contribution is 2.35. The van der Waals surface area contributed by atoms with E-state index < -0.39 is 5.60 Å². The number of likely N-dealkylation sites (tertiary alicyclic amines) is 1. The van der Waals surface area contributed by atoms with Crippen LogP contribution >= 0.6 is 0 Å². The summed E-state index contributed by atoms with van der Waals surface area (Å²) < 4.78 is 16.6. The van der Waals surface area contributed by atoms with Crippen molar-refractivity contribution in [3.05, 3.63) is 0 Å². The second-order valence-corrected chi connectivity index (χ2v) is 7.92. The first-order valence-corrected chi connectivity index (χ1v) is 8.91. The van der Waals surface area contributed by atoms with Crippen LogP contribution in [0.2, 0.25) is 0 Å². The Balaban J connectivity index is 1.95. The molecule has 23 heavy (non-hydrogen) atoms. The van der Waals surface area contributed by atoms with Crippen LogP contribution in [-0.2, 0) is 14.2 Å². The van der Waals surface area contributed by atoms with E-state index in [2.05, 4.69) is 0 Å². The molecule has 1 aliphatic carbocycles. The molecule has 2 rings (SSSR count). The minimum Gasteiger partial charge on any atom is -0.444 e. The van der Waals surface area contributed by atoms with Crippen LogP contribution in [0.5, 0.6) is 0 Å². The average Bonchev–Trinajstić information content (AvgIpc) is 2.89. The molecule has 0 radical (unpaired) electrons. The van der Waals surface area contributed by atoms with Gasteiger partial charge in [0.05, 0.1) is 6.10 Å². The van der Waals surface area contributed by atoms with Crippen LogP contribution in [0.1, 0.15) is 65.7 Å². The van der Waals surface area contributed by atoms with Crippen LogP contribution in [0.3, 0.4) is 0 Å². The maximum Gasteiger partial charge on any atom is 0.412 e. The van der Waals surface area contributed by atoms with Crippen molar-refractivity contribution in [2.24, 2.45) is 5.92 Å². The van der Waals surface area contributed by atoms with Crippen LogP contribution in [0.25, 0.3) is 0 Å². The Morgan fingerprint density at radius 3 is 2.17 bits per heavy atom. The molecular weight excluding hydrogens is 294 g/mol. The summed E-state index contributed by atoms with van der Waals surface area (Å²) in [7, 11) is 3.48. The molecular formula is C18H33NO4. The van der Waals surface area contributed by atoms with Crippen LogP contribution < -0.4 is 0 Å². The monoisotopic (exact) mass is 327 g/mol. The maximum absolute atomic E-state index is 12.6. The Labute approximate surface area is 140 Å². The number of carbonyl (C=O) groups excluding carboxylic acids is 1. The molecule has 1 aliphatic heterocycles. The topological polar surface area (TPSA) is 48.0 Å². The fourth-order valence-corrected chi connectivity index (χ4v) is 3.88. The number of ether oxygens (including phenoxy) is 3. The summed E-state index contributed by atoms with van der Waals surface area (Å²) in [5, 5.41) is 0. The maximum atomic E-state index is 12.6. The summed E-state index contributed by atoms with van der Waals surface area (Å²) in [6, 6.07) is 0.235. The van der Waals surface area contributed by atoms with Gasteiger partial charge in [-0.25, -0.2) is 4.79 Å². The smallest absolute Gasteiger partial charge is 0.412 e.